The van der Waals surface area contributed by atoms with Crippen molar-refractivity contribution < 1.29 is 14.6 Å². The second-order valence-electron chi connectivity index (χ2n) is 4.52. The van der Waals surface area contributed by atoms with E-state index < -0.39 is 6.10 Å². The molecule has 1 fully saturated rings. The first-order valence-electron chi connectivity index (χ1n) is 6.50. The van der Waals surface area contributed by atoms with Gasteiger partial charge in [-0.3, -0.25) is 4.90 Å². The molecule has 1 aliphatic heterocycles. The van der Waals surface area contributed by atoms with Crippen molar-refractivity contribution in [1.82, 2.24) is 4.90 Å². The van der Waals surface area contributed by atoms with Gasteiger partial charge in [0.1, 0.15) is 12.4 Å². The molecule has 1 atom stereocenters. The largest absolute Gasteiger partial charge is 0.491 e. The number of hydrogen-bond acceptors (Lipinski definition) is 4. The fourth-order valence-electron chi connectivity index (χ4n) is 1.95. The molecule has 0 saturated carbocycles. The van der Waals surface area contributed by atoms with E-state index in [-0.39, 0.29) is 0 Å². The lowest BCUT2D eigenvalue weighted by atomic mass is 10.2. The molecule has 0 radical (unpaired) electrons. The third kappa shape index (κ3) is 4.64. The van der Waals surface area contributed by atoms with Gasteiger partial charge in [0.25, 0.3) is 0 Å². The molecule has 0 spiro atoms. The Morgan fingerprint density at radius 2 is 1.94 bits per heavy atom. The van der Waals surface area contributed by atoms with Gasteiger partial charge in [0, 0.05) is 19.6 Å². The van der Waals surface area contributed by atoms with Gasteiger partial charge in [0.15, 0.2) is 0 Å². The molecular weight excluding hydrogens is 230 g/mol. The first-order valence-corrected chi connectivity index (χ1v) is 6.50. The molecule has 1 saturated heterocycles. The van der Waals surface area contributed by atoms with Crippen LogP contribution in [0.5, 0.6) is 5.75 Å². The Morgan fingerprint density at radius 1 is 1.22 bits per heavy atom. The molecule has 0 aliphatic carbocycles. The van der Waals surface area contributed by atoms with Crippen LogP contribution < -0.4 is 4.74 Å². The molecule has 1 aliphatic rings. The zero-order chi connectivity index (χ0) is 12.6. The summed E-state index contributed by atoms with van der Waals surface area (Å²) in [5.41, 5.74) is 0. The summed E-state index contributed by atoms with van der Waals surface area (Å²) >= 11 is 0. The summed E-state index contributed by atoms with van der Waals surface area (Å²) in [6.07, 6.45) is 0.334. The number of aliphatic hydroxyl groups excluding tert-OH is 1. The van der Waals surface area contributed by atoms with Crippen LogP contribution in [0.25, 0.3) is 0 Å². The zero-order valence-corrected chi connectivity index (χ0v) is 10.6. The molecule has 100 valence electrons. The van der Waals surface area contributed by atoms with Crippen LogP contribution in [0.4, 0.5) is 0 Å². The Kier molecular flexibility index (Phi) is 5.45. The van der Waals surface area contributed by atoms with Crippen LogP contribution in [0.3, 0.4) is 0 Å². The summed E-state index contributed by atoms with van der Waals surface area (Å²) < 4.78 is 10.8. The maximum absolute atomic E-state index is 9.86. The topological polar surface area (TPSA) is 41.9 Å². The van der Waals surface area contributed by atoms with Crippen LogP contribution in [-0.4, -0.2) is 55.6 Å². The van der Waals surface area contributed by atoms with E-state index in [9.17, 15) is 5.11 Å². The SMILES string of the molecule is OC(CCN1CCOCC1)COc1ccccc1. The summed E-state index contributed by atoms with van der Waals surface area (Å²) in [6, 6.07) is 9.59. The summed E-state index contributed by atoms with van der Waals surface area (Å²) in [6.45, 7) is 4.79. The second-order valence-corrected chi connectivity index (χ2v) is 4.52. The normalized spacial score (nSPS) is 18.5. The smallest absolute Gasteiger partial charge is 0.119 e. The molecule has 1 aromatic carbocycles. The number of hydrogen-bond donors (Lipinski definition) is 1. The fraction of sp³-hybridized carbons (Fsp3) is 0.571. The van der Waals surface area contributed by atoms with Gasteiger partial charge < -0.3 is 14.6 Å². The van der Waals surface area contributed by atoms with Crippen molar-refractivity contribution in [2.24, 2.45) is 0 Å². The maximum atomic E-state index is 9.86. The van der Waals surface area contributed by atoms with Gasteiger partial charge in [0.2, 0.25) is 0 Å². The number of benzene rings is 1. The van der Waals surface area contributed by atoms with E-state index in [1.807, 2.05) is 30.3 Å². The van der Waals surface area contributed by atoms with Crippen molar-refractivity contribution in [3.63, 3.8) is 0 Å². The van der Waals surface area contributed by atoms with Crippen LogP contribution in [-0.2, 0) is 4.74 Å². The second kappa shape index (κ2) is 7.36. The molecule has 4 nitrogen and oxygen atoms in total. The molecule has 0 bridgehead atoms. The highest BCUT2D eigenvalue weighted by molar-refractivity contribution is 5.20. The number of morpholine rings is 1. The highest BCUT2D eigenvalue weighted by atomic mass is 16.5. The Labute approximate surface area is 108 Å². The van der Waals surface area contributed by atoms with Crippen molar-refractivity contribution in [3.8, 4) is 5.75 Å². The van der Waals surface area contributed by atoms with E-state index in [4.69, 9.17) is 9.47 Å². The molecule has 1 aromatic rings. The van der Waals surface area contributed by atoms with Crippen LogP contribution in [0.15, 0.2) is 30.3 Å². The number of nitrogens with zero attached hydrogens (tertiary/aromatic N) is 1. The first-order chi connectivity index (χ1) is 8.84. The van der Waals surface area contributed by atoms with Gasteiger partial charge in [-0.05, 0) is 18.6 Å². The number of ether oxygens (including phenoxy) is 2. The van der Waals surface area contributed by atoms with Crippen molar-refractivity contribution in [1.29, 1.82) is 0 Å². The Balaban J connectivity index is 1.61. The average molecular weight is 251 g/mol. The maximum Gasteiger partial charge on any atom is 0.119 e. The number of para-hydroxylation sites is 1. The summed E-state index contributed by atoms with van der Waals surface area (Å²) in [5.74, 6) is 0.808. The highest BCUT2D eigenvalue weighted by Gasteiger charge is 2.12. The molecule has 0 amide bonds. The average Bonchev–Trinajstić information content (AvgIpc) is 2.45. The van der Waals surface area contributed by atoms with E-state index in [1.165, 1.54) is 0 Å². The Bertz CT molecular complexity index is 325. The minimum absolute atomic E-state index is 0.356. The predicted molar refractivity (Wildman–Crippen MR) is 69.8 cm³/mol. The Hall–Kier alpha value is -1.10. The van der Waals surface area contributed by atoms with Gasteiger partial charge in [0.05, 0.1) is 19.3 Å². The summed E-state index contributed by atoms with van der Waals surface area (Å²) in [5, 5.41) is 9.86. The lowest BCUT2D eigenvalue weighted by molar-refractivity contribution is 0.0254. The molecule has 2 rings (SSSR count). The lowest BCUT2D eigenvalue weighted by Gasteiger charge is -2.27. The fourth-order valence-corrected chi connectivity index (χ4v) is 1.95. The lowest BCUT2D eigenvalue weighted by Crippen LogP contribution is -2.38. The minimum atomic E-state index is -0.409. The minimum Gasteiger partial charge on any atom is -0.491 e. The number of rotatable bonds is 6. The zero-order valence-electron chi connectivity index (χ0n) is 10.6. The third-order valence-corrected chi connectivity index (χ3v) is 3.07. The van der Waals surface area contributed by atoms with Gasteiger partial charge in [-0.1, -0.05) is 18.2 Å². The monoisotopic (exact) mass is 251 g/mol. The molecule has 1 N–H and O–H groups in total. The molecule has 0 aromatic heterocycles. The van der Waals surface area contributed by atoms with Crippen LogP contribution >= 0.6 is 0 Å². The van der Waals surface area contributed by atoms with Gasteiger partial charge in [-0.15, -0.1) is 0 Å². The predicted octanol–water partition coefficient (Wildman–Crippen LogP) is 1.15. The van der Waals surface area contributed by atoms with E-state index in [1.54, 1.807) is 0 Å². The number of aliphatic hydroxyl groups is 1. The van der Waals surface area contributed by atoms with Crippen molar-refractivity contribution in [2.75, 3.05) is 39.5 Å². The van der Waals surface area contributed by atoms with Crippen LogP contribution in [0.2, 0.25) is 0 Å². The van der Waals surface area contributed by atoms with E-state index in [2.05, 4.69) is 4.90 Å². The first kappa shape index (κ1) is 13.3. The van der Waals surface area contributed by atoms with E-state index in [0.29, 0.717) is 6.61 Å². The summed E-state index contributed by atoms with van der Waals surface area (Å²) in [7, 11) is 0. The summed E-state index contributed by atoms with van der Waals surface area (Å²) in [4.78, 5) is 2.31. The quantitative estimate of drug-likeness (QED) is 0.823. The van der Waals surface area contributed by atoms with Crippen molar-refractivity contribution in [2.45, 2.75) is 12.5 Å². The standard InChI is InChI=1S/C14H21NO3/c16-13(6-7-15-8-10-17-11-9-15)12-18-14-4-2-1-3-5-14/h1-5,13,16H,6-12H2. The van der Waals surface area contributed by atoms with Crippen molar-refractivity contribution >= 4 is 0 Å². The van der Waals surface area contributed by atoms with Gasteiger partial charge >= 0.3 is 0 Å². The molecular formula is C14H21NO3. The molecule has 1 unspecified atom stereocenters. The van der Waals surface area contributed by atoms with Gasteiger partial charge in [-0.2, -0.15) is 0 Å². The van der Waals surface area contributed by atoms with Gasteiger partial charge in [-0.25, -0.2) is 0 Å². The third-order valence-electron chi connectivity index (χ3n) is 3.07. The Morgan fingerprint density at radius 3 is 2.67 bits per heavy atom. The molecule has 1 heterocycles. The van der Waals surface area contributed by atoms with E-state index in [0.717, 1.165) is 45.0 Å². The van der Waals surface area contributed by atoms with Crippen LogP contribution in [0.1, 0.15) is 6.42 Å². The van der Waals surface area contributed by atoms with Crippen molar-refractivity contribution in [3.05, 3.63) is 30.3 Å². The van der Waals surface area contributed by atoms with E-state index >= 15 is 0 Å². The molecule has 4 heteroatoms. The molecule has 18 heavy (non-hydrogen) atoms. The highest BCUT2D eigenvalue weighted by Crippen LogP contribution is 2.09. The van der Waals surface area contributed by atoms with Crippen LogP contribution in [0, 0.1) is 0 Å².